The number of hydrogen-bond donors (Lipinski definition) is 2. The van der Waals surface area contributed by atoms with Gasteiger partial charge >= 0.3 is 0 Å². The second-order valence-corrected chi connectivity index (χ2v) is 7.41. The maximum absolute atomic E-state index is 12.7. The molecule has 2 fully saturated rings. The minimum atomic E-state index is -0.328. The number of carbonyl (C=O) groups excluding carboxylic acids is 2. The van der Waals surface area contributed by atoms with Crippen molar-refractivity contribution in [1.82, 2.24) is 20.3 Å². The molecule has 4 rings (SSSR count). The van der Waals surface area contributed by atoms with Gasteiger partial charge in [-0.1, -0.05) is 5.21 Å². The van der Waals surface area contributed by atoms with Crippen LogP contribution in [0.15, 0.2) is 24.4 Å². The summed E-state index contributed by atoms with van der Waals surface area (Å²) >= 11 is 0. The summed E-state index contributed by atoms with van der Waals surface area (Å²) in [6, 6.07) is 5.56. The highest BCUT2D eigenvalue weighted by Crippen LogP contribution is 2.33. The number of rotatable bonds is 5. The molecule has 0 spiro atoms. The first-order valence-corrected chi connectivity index (χ1v) is 10.1. The minimum absolute atomic E-state index is 0.0722. The van der Waals surface area contributed by atoms with Crippen molar-refractivity contribution in [2.75, 3.05) is 37.0 Å². The van der Waals surface area contributed by atoms with Crippen molar-refractivity contribution in [3.8, 4) is 5.75 Å². The molecule has 3 heterocycles. The van der Waals surface area contributed by atoms with Gasteiger partial charge in [0, 0.05) is 18.7 Å². The summed E-state index contributed by atoms with van der Waals surface area (Å²) < 4.78 is 7.20. The molecular weight excluding hydrogens is 372 g/mol. The third kappa shape index (κ3) is 4.24. The molecule has 2 aliphatic heterocycles. The molecule has 0 saturated carbocycles. The van der Waals surface area contributed by atoms with Crippen molar-refractivity contribution in [1.29, 1.82) is 0 Å². The van der Waals surface area contributed by atoms with Gasteiger partial charge in [0.05, 0.1) is 25.0 Å². The van der Waals surface area contributed by atoms with Gasteiger partial charge in [-0.3, -0.25) is 9.59 Å². The first-order chi connectivity index (χ1) is 14.2. The number of amides is 2. The van der Waals surface area contributed by atoms with E-state index in [-0.39, 0.29) is 23.6 Å². The Labute approximate surface area is 169 Å². The van der Waals surface area contributed by atoms with Gasteiger partial charge in [-0.2, -0.15) is 0 Å². The fourth-order valence-corrected chi connectivity index (χ4v) is 3.86. The number of ether oxygens (including phenoxy) is 1. The molecule has 0 atom stereocenters. The van der Waals surface area contributed by atoms with Crippen molar-refractivity contribution >= 4 is 23.2 Å². The SMILES string of the molecule is COc1ccc(NC(=O)c2cn(C3CCNCC3)nn2)cc1N1CCCCC1=O. The lowest BCUT2D eigenvalue weighted by Crippen LogP contribution is -2.35. The molecule has 2 saturated heterocycles. The largest absolute Gasteiger partial charge is 0.495 e. The van der Waals surface area contributed by atoms with E-state index in [1.165, 1.54) is 0 Å². The van der Waals surface area contributed by atoms with Crippen molar-refractivity contribution in [3.05, 3.63) is 30.1 Å². The molecule has 9 nitrogen and oxygen atoms in total. The summed E-state index contributed by atoms with van der Waals surface area (Å²) in [5.41, 5.74) is 1.53. The van der Waals surface area contributed by atoms with Gasteiger partial charge in [-0.25, -0.2) is 4.68 Å². The molecular formula is C20H26N6O3. The third-order valence-corrected chi connectivity index (χ3v) is 5.48. The van der Waals surface area contributed by atoms with Crippen LogP contribution in [0.1, 0.15) is 48.6 Å². The number of aromatic nitrogens is 3. The van der Waals surface area contributed by atoms with Crippen LogP contribution in [0, 0.1) is 0 Å². The summed E-state index contributed by atoms with van der Waals surface area (Å²) in [6.45, 7) is 2.53. The number of carbonyl (C=O) groups is 2. The van der Waals surface area contributed by atoms with Gasteiger partial charge in [0.2, 0.25) is 5.91 Å². The zero-order chi connectivity index (χ0) is 20.2. The molecule has 2 aromatic rings. The van der Waals surface area contributed by atoms with Crippen molar-refractivity contribution in [3.63, 3.8) is 0 Å². The average molecular weight is 398 g/mol. The highest BCUT2D eigenvalue weighted by molar-refractivity contribution is 6.03. The van der Waals surface area contributed by atoms with E-state index in [9.17, 15) is 9.59 Å². The van der Waals surface area contributed by atoms with E-state index >= 15 is 0 Å². The predicted molar refractivity (Wildman–Crippen MR) is 108 cm³/mol. The summed E-state index contributed by atoms with van der Waals surface area (Å²) in [6.07, 6.45) is 6.02. The Morgan fingerprint density at radius 1 is 1.28 bits per heavy atom. The fraction of sp³-hybridized carbons (Fsp3) is 0.500. The normalized spacial score (nSPS) is 18.0. The minimum Gasteiger partial charge on any atom is -0.495 e. The molecule has 1 aromatic heterocycles. The molecule has 9 heteroatoms. The monoisotopic (exact) mass is 398 g/mol. The number of nitrogens with zero attached hydrogens (tertiary/aromatic N) is 4. The lowest BCUT2D eigenvalue weighted by atomic mass is 10.1. The molecule has 2 aliphatic rings. The Kier molecular flexibility index (Phi) is 5.75. The summed E-state index contributed by atoms with van der Waals surface area (Å²) in [5, 5.41) is 14.3. The molecule has 0 aliphatic carbocycles. The van der Waals surface area contributed by atoms with Gasteiger partial charge < -0.3 is 20.3 Å². The molecule has 0 bridgehead atoms. The van der Waals surface area contributed by atoms with Crippen LogP contribution in [-0.2, 0) is 4.79 Å². The zero-order valence-electron chi connectivity index (χ0n) is 16.6. The zero-order valence-corrected chi connectivity index (χ0v) is 16.6. The topological polar surface area (TPSA) is 101 Å². The predicted octanol–water partition coefficient (Wildman–Crippen LogP) is 1.98. The van der Waals surface area contributed by atoms with Gasteiger partial charge in [0.1, 0.15) is 5.75 Å². The molecule has 2 N–H and O–H groups in total. The molecule has 0 unspecified atom stereocenters. The van der Waals surface area contributed by atoms with Crippen LogP contribution in [0.4, 0.5) is 11.4 Å². The Morgan fingerprint density at radius 2 is 2.10 bits per heavy atom. The standard InChI is InChI=1S/C20H26N6O3/c1-29-18-6-5-14(12-17(18)25-11-3-2-4-19(25)27)22-20(28)16-13-26(24-23-16)15-7-9-21-10-8-15/h5-6,12-13,15,21H,2-4,7-11H2,1H3,(H,22,28). The second kappa shape index (κ2) is 8.60. The van der Waals surface area contributed by atoms with Crippen LogP contribution in [0.25, 0.3) is 0 Å². The lowest BCUT2D eigenvalue weighted by Gasteiger charge is -2.28. The number of anilines is 2. The first kappa shape index (κ1) is 19.4. The van der Waals surface area contributed by atoms with Crippen LogP contribution in [0.5, 0.6) is 5.75 Å². The lowest BCUT2D eigenvalue weighted by molar-refractivity contribution is -0.119. The van der Waals surface area contributed by atoms with Crippen LogP contribution < -0.4 is 20.3 Å². The summed E-state index contributed by atoms with van der Waals surface area (Å²) in [4.78, 5) is 26.7. The number of hydrogen-bond acceptors (Lipinski definition) is 6. The fourth-order valence-electron chi connectivity index (χ4n) is 3.86. The van der Waals surface area contributed by atoms with E-state index in [0.29, 0.717) is 30.1 Å². The van der Waals surface area contributed by atoms with Gasteiger partial charge in [-0.05, 0) is 57.0 Å². The molecule has 2 amide bonds. The van der Waals surface area contributed by atoms with Crippen LogP contribution in [0.2, 0.25) is 0 Å². The van der Waals surface area contributed by atoms with E-state index in [0.717, 1.165) is 38.8 Å². The van der Waals surface area contributed by atoms with E-state index in [4.69, 9.17) is 4.74 Å². The quantitative estimate of drug-likeness (QED) is 0.799. The van der Waals surface area contributed by atoms with Crippen LogP contribution in [-0.4, -0.2) is 53.6 Å². The Balaban J connectivity index is 1.50. The number of methoxy groups -OCH3 is 1. The smallest absolute Gasteiger partial charge is 0.277 e. The number of nitrogens with one attached hydrogen (secondary N) is 2. The Hall–Kier alpha value is -2.94. The van der Waals surface area contributed by atoms with Gasteiger partial charge in [0.25, 0.3) is 5.91 Å². The molecule has 0 radical (unpaired) electrons. The van der Waals surface area contributed by atoms with Crippen molar-refractivity contribution < 1.29 is 14.3 Å². The maximum Gasteiger partial charge on any atom is 0.277 e. The molecule has 1 aromatic carbocycles. The van der Waals surface area contributed by atoms with Gasteiger partial charge in [0.15, 0.2) is 5.69 Å². The highest BCUT2D eigenvalue weighted by Gasteiger charge is 2.24. The van der Waals surface area contributed by atoms with E-state index in [1.807, 2.05) is 0 Å². The van der Waals surface area contributed by atoms with E-state index in [2.05, 4.69) is 20.9 Å². The van der Waals surface area contributed by atoms with Crippen LogP contribution >= 0.6 is 0 Å². The van der Waals surface area contributed by atoms with E-state index < -0.39 is 0 Å². The Morgan fingerprint density at radius 3 is 2.86 bits per heavy atom. The third-order valence-electron chi connectivity index (χ3n) is 5.48. The van der Waals surface area contributed by atoms with Crippen LogP contribution in [0.3, 0.4) is 0 Å². The molecule has 154 valence electrons. The number of piperidine rings is 2. The maximum atomic E-state index is 12.7. The van der Waals surface area contributed by atoms with Crippen molar-refractivity contribution in [2.24, 2.45) is 0 Å². The van der Waals surface area contributed by atoms with E-state index in [1.54, 1.807) is 41.1 Å². The second-order valence-electron chi connectivity index (χ2n) is 7.41. The summed E-state index contributed by atoms with van der Waals surface area (Å²) in [5.74, 6) is 0.351. The van der Waals surface area contributed by atoms with Crippen molar-refractivity contribution in [2.45, 2.75) is 38.1 Å². The Bertz CT molecular complexity index is 890. The summed E-state index contributed by atoms with van der Waals surface area (Å²) in [7, 11) is 1.57. The van der Waals surface area contributed by atoms with Gasteiger partial charge in [-0.15, -0.1) is 5.10 Å². The average Bonchev–Trinajstić information content (AvgIpc) is 3.25. The first-order valence-electron chi connectivity index (χ1n) is 10.1. The number of benzene rings is 1. The molecule has 29 heavy (non-hydrogen) atoms. The highest BCUT2D eigenvalue weighted by atomic mass is 16.5.